The van der Waals surface area contributed by atoms with E-state index in [0.29, 0.717) is 17.9 Å². The molecule has 22 heavy (non-hydrogen) atoms. The van der Waals surface area contributed by atoms with Gasteiger partial charge in [0.1, 0.15) is 5.76 Å². The number of anilines is 1. The summed E-state index contributed by atoms with van der Waals surface area (Å²) in [4.78, 5) is 23.6. The Kier molecular flexibility index (Phi) is 4.99. The second-order valence-electron chi connectivity index (χ2n) is 5.41. The molecule has 0 bridgehead atoms. The lowest BCUT2D eigenvalue weighted by Gasteiger charge is -2.09. The number of hydrogen-bond acceptors (Lipinski definition) is 3. The van der Waals surface area contributed by atoms with E-state index >= 15 is 0 Å². The van der Waals surface area contributed by atoms with Crippen LogP contribution in [0.3, 0.4) is 0 Å². The Morgan fingerprint density at radius 2 is 1.82 bits per heavy atom. The predicted molar refractivity (Wildman–Crippen MR) is 84.5 cm³/mol. The van der Waals surface area contributed by atoms with E-state index in [1.54, 1.807) is 13.0 Å². The fourth-order valence-corrected chi connectivity index (χ4v) is 1.89. The molecule has 1 heterocycles. The fourth-order valence-electron chi connectivity index (χ4n) is 1.89. The summed E-state index contributed by atoms with van der Waals surface area (Å²) < 4.78 is 5.11. The molecule has 2 N–H and O–H groups in total. The van der Waals surface area contributed by atoms with Gasteiger partial charge in [-0.15, -0.1) is 0 Å². The highest BCUT2D eigenvalue weighted by atomic mass is 16.3. The number of furan rings is 1. The molecule has 5 heteroatoms. The van der Waals surface area contributed by atoms with Crippen molar-refractivity contribution < 1.29 is 14.0 Å². The van der Waals surface area contributed by atoms with Crippen molar-refractivity contribution in [3.63, 3.8) is 0 Å². The summed E-state index contributed by atoms with van der Waals surface area (Å²) in [6.45, 7) is 5.86. The Balaban J connectivity index is 1.90. The molecule has 5 nitrogen and oxygen atoms in total. The van der Waals surface area contributed by atoms with Crippen molar-refractivity contribution in [2.24, 2.45) is 5.92 Å². The SMILES string of the molecule is Cc1occc1C(=O)NCc1ccc(NC(=O)C(C)C)cc1. The minimum absolute atomic E-state index is 0.0171. The highest BCUT2D eigenvalue weighted by Crippen LogP contribution is 2.12. The van der Waals surface area contributed by atoms with Crippen molar-refractivity contribution >= 4 is 17.5 Å². The third kappa shape index (κ3) is 3.97. The Morgan fingerprint density at radius 3 is 2.36 bits per heavy atom. The van der Waals surface area contributed by atoms with Crippen LogP contribution in [0.4, 0.5) is 5.69 Å². The molecule has 0 radical (unpaired) electrons. The predicted octanol–water partition coefficient (Wildman–Crippen LogP) is 3.11. The maximum Gasteiger partial charge on any atom is 0.255 e. The average Bonchev–Trinajstić information content (AvgIpc) is 2.92. The van der Waals surface area contributed by atoms with Crippen LogP contribution < -0.4 is 10.6 Å². The van der Waals surface area contributed by atoms with E-state index in [0.717, 1.165) is 11.3 Å². The third-order valence-corrected chi connectivity index (χ3v) is 3.30. The number of hydrogen-bond donors (Lipinski definition) is 2. The average molecular weight is 300 g/mol. The molecule has 0 spiro atoms. The van der Waals surface area contributed by atoms with E-state index in [-0.39, 0.29) is 17.7 Å². The van der Waals surface area contributed by atoms with E-state index < -0.39 is 0 Å². The summed E-state index contributed by atoms with van der Waals surface area (Å²) in [5, 5.41) is 5.66. The first kappa shape index (κ1) is 15.8. The first-order valence-corrected chi connectivity index (χ1v) is 7.19. The minimum atomic E-state index is -0.163. The summed E-state index contributed by atoms with van der Waals surface area (Å²) >= 11 is 0. The van der Waals surface area contributed by atoms with Gasteiger partial charge in [-0.25, -0.2) is 0 Å². The molecule has 0 aliphatic carbocycles. The molecule has 0 atom stereocenters. The van der Waals surface area contributed by atoms with Gasteiger partial charge in [0.2, 0.25) is 5.91 Å². The molecule has 2 rings (SSSR count). The molecule has 2 amide bonds. The van der Waals surface area contributed by atoms with Crippen molar-refractivity contribution in [3.05, 3.63) is 53.5 Å². The van der Waals surface area contributed by atoms with Crippen molar-refractivity contribution in [2.75, 3.05) is 5.32 Å². The number of carbonyl (C=O) groups is 2. The van der Waals surface area contributed by atoms with Crippen LogP contribution in [-0.2, 0) is 11.3 Å². The van der Waals surface area contributed by atoms with Gasteiger partial charge in [0.25, 0.3) is 5.91 Å². The largest absolute Gasteiger partial charge is 0.469 e. The Labute approximate surface area is 129 Å². The van der Waals surface area contributed by atoms with Crippen LogP contribution in [0.25, 0.3) is 0 Å². The van der Waals surface area contributed by atoms with Crippen molar-refractivity contribution in [3.8, 4) is 0 Å². The van der Waals surface area contributed by atoms with Crippen LogP contribution >= 0.6 is 0 Å². The van der Waals surface area contributed by atoms with Gasteiger partial charge in [-0.2, -0.15) is 0 Å². The summed E-state index contributed by atoms with van der Waals surface area (Å²) in [5.41, 5.74) is 2.25. The Hall–Kier alpha value is -2.56. The summed E-state index contributed by atoms with van der Waals surface area (Å²) in [7, 11) is 0. The van der Waals surface area contributed by atoms with Gasteiger partial charge < -0.3 is 15.1 Å². The first-order valence-electron chi connectivity index (χ1n) is 7.19. The molecule has 0 fully saturated rings. The normalized spacial score (nSPS) is 10.5. The van der Waals surface area contributed by atoms with Gasteiger partial charge in [-0.05, 0) is 30.7 Å². The Morgan fingerprint density at radius 1 is 1.14 bits per heavy atom. The van der Waals surface area contributed by atoms with Gasteiger partial charge in [0.05, 0.1) is 11.8 Å². The molecule has 116 valence electrons. The molecule has 2 aromatic rings. The topological polar surface area (TPSA) is 71.3 Å². The van der Waals surface area contributed by atoms with Crippen molar-refractivity contribution in [1.82, 2.24) is 5.32 Å². The van der Waals surface area contributed by atoms with Crippen LogP contribution in [0.2, 0.25) is 0 Å². The summed E-state index contributed by atoms with van der Waals surface area (Å²) in [6.07, 6.45) is 1.50. The van der Waals surface area contributed by atoms with Crippen LogP contribution in [-0.4, -0.2) is 11.8 Å². The van der Waals surface area contributed by atoms with Crippen LogP contribution in [0, 0.1) is 12.8 Å². The lowest BCUT2D eigenvalue weighted by Crippen LogP contribution is -2.23. The van der Waals surface area contributed by atoms with Gasteiger partial charge >= 0.3 is 0 Å². The zero-order chi connectivity index (χ0) is 16.1. The number of amides is 2. The molecule has 0 unspecified atom stereocenters. The molecular formula is C17H20N2O3. The lowest BCUT2D eigenvalue weighted by molar-refractivity contribution is -0.118. The maximum atomic E-state index is 12.0. The highest BCUT2D eigenvalue weighted by Gasteiger charge is 2.11. The van der Waals surface area contributed by atoms with E-state index in [2.05, 4.69) is 10.6 Å². The minimum Gasteiger partial charge on any atom is -0.469 e. The van der Waals surface area contributed by atoms with Gasteiger partial charge in [0.15, 0.2) is 0 Å². The quantitative estimate of drug-likeness (QED) is 0.891. The lowest BCUT2D eigenvalue weighted by atomic mass is 10.1. The standard InChI is InChI=1S/C17H20N2O3/c1-11(2)16(20)19-14-6-4-13(5-7-14)10-18-17(21)15-8-9-22-12(15)3/h4-9,11H,10H2,1-3H3,(H,18,21)(H,19,20). The van der Waals surface area contributed by atoms with E-state index in [1.807, 2.05) is 38.1 Å². The zero-order valence-electron chi connectivity index (χ0n) is 13.0. The highest BCUT2D eigenvalue weighted by molar-refractivity contribution is 5.95. The molecular weight excluding hydrogens is 280 g/mol. The van der Waals surface area contributed by atoms with Gasteiger partial charge in [0, 0.05) is 18.2 Å². The number of carbonyl (C=O) groups excluding carboxylic acids is 2. The van der Waals surface area contributed by atoms with Crippen molar-refractivity contribution in [1.29, 1.82) is 0 Å². The zero-order valence-corrected chi connectivity index (χ0v) is 13.0. The van der Waals surface area contributed by atoms with E-state index in [1.165, 1.54) is 6.26 Å². The fraction of sp³-hybridized carbons (Fsp3) is 0.294. The molecule has 0 saturated heterocycles. The smallest absolute Gasteiger partial charge is 0.255 e. The number of benzene rings is 1. The molecule has 1 aromatic carbocycles. The number of rotatable bonds is 5. The van der Waals surface area contributed by atoms with Crippen molar-refractivity contribution in [2.45, 2.75) is 27.3 Å². The summed E-state index contributed by atoms with van der Waals surface area (Å²) in [6, 6.07) is 9.04. The number of aryl methyl sites for hydroxylation is 1. The first-order chi connectivity index (χ1) is 10.5. The second kappa shape index (κ2) is 6.93. The molecule has 0 saturated carbocycles. The summed E-state index contributed by atoms with van der Waals surface area (Å²) in [5.74, 6) is 0.362. The van der Waals surface area contributed by atoms with Crippen LogP contribution in [0.5, 0.6) is 0 Å². The molecule has 0 aliphatic heterocycles. The third-order valence-electron chi connectivity index (χ3n) is 3.30. The molecule has 0 aliphatic rings. The number of nitrogens with one attached hydrogen (secondary N) is 2. The van der Waals surface area contributed by atoms with Crippen LogP contribution in [0.1, 0.15) is 35.5 Å². The van der Waals surface area contributed by atoms with Gasteiger partial charge in [-0.3, -0.25) is 9.59 Å². The Bertz CT molecular complexity index is 657. The van der Waals surface area contributed by atoms with E-state index in [4.69, 9.17) is 4.42 Å². The maximum absolute atomic E-state index is 12.0. The van der Waals surface area contributed by atoms with Gasteiger partial charge in [-0.1, -0.05) is 26.0 Å². The monoisotopic (exact) mass is 300 g/mol. The van der Waals surface area contributed by atoms with Crippen LogP contribution in [0.15, 0.2) is 41.0 Å². The molecule has 1 aromatic heterocycles. The second-order valence-corrected chi connectivity index (χ2v) is 5.41. The van der Waals surface area contributed by atoms with E-state index in [9.17, 15) is 9.59 Å².